The Labute approximate surface area is 170 Å². The third kappa shape index (κ3) is 5.71. The maximum absolute atomic E-state index is 12.4. The van der Waals surface area contributed by atoms with Gasteiger partial charge >= 0.3 is 17.9 Å². The molecular weight excluding hydrogens is 376 g/mol. The zero-order chi connectivity index (χ0) is 20.8. The number of carbonyl (C=O) groups is 3. The minimum absolute atomic E-state index is 0.176. The average molecular weight is 404 g/mol. The van der Waals surface area contributed by atoms with Crippen LogP contribution in [-0.4, -0.2) is 36.2 Å². The summed E-state index contributed by atoms with van der Waals surface area (Å²) in [7, 11) is 1.58. The molecule has 0 unspecified atom stereocenters. The Hall–Kier alpha value is -2.57. The fourth-order valence-corrected chi connectivity index (χ4v) is 4.10. The lowest BCUT2D eigenvalue weighted by molar-refractivity contribution is -0.159. The van der Waals surface area contributed by atoms with Gasteiger partial charge in [0.25, 0.3) is 0 Å². The van der Waals surface area contributed by atoms with Gasteiger partial charge in [-0.15, -0.1) is 0 Å². The van der Waals surface area contributed by atoms with Crippen molar-refractivity contribution in [2.75, 3.05) is 7.11 Å². The zero-order valence-corrected chi connectivity index (χ0v) is 16.7. The van der Waals surface area contributed by atoms with Crippen molar-refractivity contribution in [2.45, 2.75) is 57.5 Å². The van der Waals surface area contributed by atoms with Crippen LogP contribution in [0.25, 0.3) is 0 Å². The number of carboxylic acid groups (broad SMARTS) is 1. The first kappa shape index (κ1) is 21.1. The Bertz CT molecular complexity index is 711. The van der Waals surface area contributed by atoms with Gasteiger partial charge in [-0.3, -0.25) is 14.4 Å². The van der Waals surface area contributed by atoms with Crippen molar-refractivity contribution >= 4 is 17.9 Å². The summed E-state index contributed by atoms with van der Waals surface area (Å²) in [5.41, 5.74) is 0. The van der Waals surface area contributed by atoms with Gasteiger partial charge in [-0.05, 0) is 75.6 Å². The molecule has 0 atom stereocenters. The van der Waals surface area contributed by atoms with E-state index in [1.807, 2.05) is 0 Å². The molecule has 0 radical (unpaired) electrons. The molecule has 0 aromatic heterocycles. The predicted molar refractivity (Wildman–Crippen MR) is 104 cm³/mol. The van der Waals surface area contributed by atoms with E-state index >= 15 is 0 Å². The third-order valence-corrected chi connectivity index (χ3v) is 5.98. The van der Waals surface area contributed by atoms with Gasteiger partial charge in [-0.1, -0.05) is 0 Å². The van der Waals surface area contributed by atoms with Crippen molar-refractivity contribution in [1.82, 2.24) is 0 Å². The molecule has 7 nitrogen and oxygen atoms in total. The maximum atomic E-state index is 12.4. The molecule has 0 heterocycles. The zero-order valence-electron chi connectivity index (χ0n) is 16.7. The monoisotopic (exact) mass is 404 g/mol. The third-order valence-electron chi connectivity index (χ3n) is 5.98. The molecule has 2 aliphatic carbocycles. The number of benzene rings is 1. The molecule has 158 valence electrons. The first-order valence-electron chi connectivity index (χ1n) is 10.2. The topological polar surface area (TPSA) is 99.1 Å². The van der Waals surface area contributed by atoms with Gasteiger partial charge in [0.1, 0.15) is 17.6 Å². The fourth-order valence-electron chi connectivity index (χ4n) is 4.10. The van der Waals surface area contributed by atoms with Crippen LogP contribution in [0.1, 0.15) is 51.4 Å². The van der Waals surface area contributed by atoms with Crippen LogP contribution in [0.3, 0.4) is 0 Å². The van der Waals surface area contributed by atoms with E-state index in [9.17, 15) is 14.4 Å². The van der Waals surface area contributed by atoms with Gasteiger partial charge in [0.2, 0.25) is 0 Å². The van der Waals surface area contributed by atoms with Crippen molar-refractivity contribution < 1.29 is 33.7 Å². The van der Waals surface area contributed by atoms with Crippen molar-refractivity contribution in [3.05, 3.63) is 24.3 Å². The largest absolute Gasteiger partial charge is 0.497 e. The molecule has 2 aliphatic rings. The molecular formula is C22H28O7. The Kier molecular flexibility index (Phi) is 7.12. The van der Waals surface area contributed by atoms with E-state index in [1.54, 1.807) is 31.4 Å². The molecule has 0 bridgehead atoms. The molecule has 0 spiro atoms. The minimum atomic E-state index is -0.781. The van der Waals surface area contributed by atoms with Crippen LogP contribution in [0.15, 0.2) is 24.3 Å². The maximum Gasteiger partial charge on any atom is 0.314 e. The van der Waals surface area contributed by atoms with Crippen LogP contribution in [0.5, 0.6) is 11.5 Å². The lowest BCUT2D eigenvalue weighted by Gasteiger charge is -2.30. The van der Waals surface area contributed by atoms with Crippen LogP contribution < -0.4 is 9.47 Å². The van der Waals surface area contributed by atoms with Gasteiger partial charge in [-0.2, -0.15) is 0 Å². The van der Waals surface area contributed by atoms with Crippen molar-refractivity contribution in [1.29, 1.82) is 0 Å². The molecule has 1 aromatic rings. The molecule has 0 aliphatic heterocycles. The second kappa shape index (κ2) is 9.76. The lowest BCUT2D eigenvalue weighted by atomic mass is 9.82. The number of rotatable bonds is 6. The van der Waals surface area contributed by atoms with Crippen LogP contribution >= 0.6 is 0 Å². The predicted octanol–water partition coefficient (Wildman–Crippen LogP) is 3.59. The summed E-state index contributed by atoms with van der Waals surface area (Å²) in [5, 5.41) is 9.05. The molecule has 2 saturated carbocycles. The van der Waals surface area contributed by atoms with E-state index in [1.165, 1.54) is 0 Å². The van der Waals surface area contributed by atoms with Gasteiger partial charge in [0, 0.05) is 0 Å². The Morgan fingerprint density at radius 1 is 0.759 bits per heavy atom. The van der Waals surface area contributed by atoms with E-state index in [0.717, 1.165) is 0 Å². The highest BCUT2D eigenvalue weighted by atomic mass is 16.5. The van der Waals surface area contributed by atoms with E-state index < -0.39 is 5.97 Å². The molecule has 0 amide bonds. The molecule has 0 saturated heterocycles. The van der Waals surface area contributed by atoms with Crippen molar-refractivity contribution in [2.24, 2.45) is 17.8 Å². The van der Waals surface area contributed by atoms with Gasteiger partial charge in [0.05, 0.1) is 24.9 Å². The summed E-state index contributed by atoms with van der Waals surface area (Å²) in [6, 6.07) is 6.87. The average Bonchev–Trinajstić information content (AvgIpc) is 2.74. The second-order valence-corrected chi connectivity index (χ2v) is 7.89. The summed E-state index contributed by atoms with van der Waals surface area (Å²) in [5.74, 6) is -0.820. The minimum Gasteiger partial charge on any atom is -0.497 e. The molecule has 7 heteroatoms. The number of hydrogen-bond donors (Lipinski definition) is 1. The standard InChI is InChI=1S/C22H28O7/c1-27-17-10-12-19(13-11-17)29-22(26)16-6-8-18(9-7-16)28-21(25)15-4-2-14(3-5-15)20(23)24/h10-16,18H,2-9H2,1H3,(H,23,24). The van der Waals surface area contributed by atoms with Crippen LogP contribution in [-0.2, 0) is 19.1 Å². The van der Waals surface area contributed by atoms with Crippen molar-refractivity contribution in [3.8, 4) is 11.5 Å². The Balaban J connectivity index is 1.40. The summed E-state index contributed by atoms with van der Waals surface area (Å²) in [4.78, 5) is 35.8. The Morgan fingerprint density at radius 2 is 1.24 bits per heavy atom. The normalized spacial score (nSPS) is 26.9. The first-order chi connectivity index (χ1) is 14.0. The summed E-state index contributed by atoms with van der Waals surface area (Å²) in [6.07, 6.45) is 4.54. The SMILES string of the molecule is COc1ccc(OC(=O)C2CCC(OC(=O)C3CCC(C(=O)O)CC3)CC2)cc1. The first-order valence-corrected chi connectivity index (χ1v) is 10.2. The van der Waals surface area contributed by atoms with E-state index in [4.69, 9.17) is 19.3 Å². The number of aliphatic carboxylic acids is 1. The number of carbonyl (C=O) groups excluding carboxylic acids is 2. The summed E-state index contributed by atoms with van der Waals surface area (Å²) in [6.45, 7) is 0. The van der Waals surface area contributed by atoms with Crippen molar-refractivity contribution in [3.63, 3.8) is 0 Å². The van der Waals surface area contributed by atoms with E-state index in [2.05, 4.69) is 0 Å². The Morgan fingerprint density at radius 3 is 1.79 bits per heavy atom. The van der Waals surface area contributed by atoms with Gasteiger partial charge in [0.15, 0.2) is 0 Å². The molecule has 2 fully saturated rings. The summed E-state index contributed by atoms with van der Waals surface area (Å²) < 4.78 is 16.2. The van der Waals surface area contributed by atoms with Gasteiger partial charge in [-0.25, -0.2) is 0 Å². The molecule has 29 heavy (non-hydrogen) atoms. The number of esters is 2. The number of ether oxygens (including phenoxy) is 3. The highest BCUT2D eigenvalue weighted by Crippen LogP contribution is 2.32. The highest BCUT2D eigenvalue weighted by molar-refractivity contribution is 5.76. The van der Waals surface area contributed by atoms with Crippen LogP contribution in [0.4, 0.5) is 0 Å². The highest BCUT2D eigenvalue weighted by Gasteiger charge is 2.34. The lowest BCUT2D eigenvalue weighted by Crippen LogP contribution is -2.33. The number of hydrogen-bond acceptors (Lipinski definition) is 6. The second-order valence-electron chi connectivity index (χ2n) is 7.89. The van der Waals surface area contributed by atoms with Gasteiger partial charge < -0.3 is 19.3 Å². The van der Waals surface area contributed by atoms with Crippen LogP contribution in [0.2, 0.25) is 0 Å². The summed E-state index contributed by atoms with van der Waals surface area (Å²) >= 11 is 0. The fraction of sp³-hybridized carbons (Fsp3) is 0.591. The smallest absolute Gasteiger partial charge is 0.314 e. The molecule has 1 aromatic carbocycles. The number of carboxylic acids is 1. The number of methoxy groups -OCH3 is 1. The van der Waals surface area contributed by atoms with E-state index in [-0.39, 0.29) is 35.8 Å². The van der Waals surface area contributed by atoms with E-state index in [0.29, 0.717) is 62.9 Å². The molecule has 1 N–H and O–H groups in total. The quantitative estimate of drug-likeness (QED) is 0.571. The van der Waals surface area contributed by atoms with Crippen LogP contribution in [0, 0.1) is 17.8 Å². The molecule has 3 rings (SSSR count).